The molecule has 0 saturated heterocycles. The second kappa shape index (κ2) is 9.00. The van der Waals surface area contributed by atoms with E-state index in [4.69, 9.17) is 0 Å². The second-order valence-corrected chi connectivity index (χ2v) is 10.4. The summed E-state index contributed by atoms with van der Waals surface area (Å²) >= 11 is 0. The van der Waals surface area contributed by atoms with E-state index in [1.165, 1.54) is 4.40 Å². The zero-order valence-corrected chi connectivity index (χ0v) is 22.0. The Bertz CT molecular complexity index is 2230. The summed E-state index contributed by atoms with van der Waals surface area (Å²) in [7, 11) is 0. The molecule has 0 aliphatic heterocycles. The van der Waals surface area contributed by atoms with Crippen molar-refractivity contribution in [2.24, 2.45) is 0 Å². The molecule has 8 aromatic rings. The van der Waals surface area contributed by atoms with Crippen molar-refractivity contribution < 1.29 is 0 Å². The van der Waals surface area contributed by atoms with Gasteiger partial charge in [-0.1, -0.05) is 115 Å². The minimum Gasteiger partial charge on any atom is -0.268 e. The Morgan fingerprint density at radius 3 is 1.24 bits per heavy atom. The van der Waals surface area contributed by atoms with Crippen LogP contribution in [0.5, 0.6) is 0 Å². The number of benzene rings is 6. The fourth-order valence-electron chi connectivity index (χ4n) is 6.36. The van der Waals surface area contributed by atoms with Gasteiger partial charge in [-0.2, -0.15) is 0 Å². The van der Waals surface area contributed by atoms with Gasteiger partial charge in [-0.25, -0.2) is 4.40 Å². The van der Waals surface area contributed by atoms with Gasteiger partial charge in [0, 0.05) is 21.5 Å². The van der Waals surface area contributed by atoms with Crippen LogP contribution in [0.2, 0.25) is 0 Å². The summed E-state index contributed by atoms with van der Waals surface area (Å²) in [6, 6.07) is 46.8. The van der Waals surface area contributed by atoms with Gasteiger partial charge in [-0.3, -0.25) is 9.59 Å². The largest absolute Gasteiger partial charge is 0.268 e. The Balaban J connectivity index is 1.62. The summed E-state index contributed by atoms with van der Waals surface area (Å²) in [5.74, 6) is 0. The molecule has 0 radical (unpaired) electrons. The summed E-state index contributed by atoms with van der Waals surface area (Å²) < 4.78 is 1.38. The normalized spacial score (nSPS) is 11.6. The molecule has 41 heavy (non-hydrogen) atoms. The second-order valence-electron chi connectivity index (χ2n) is 10.4. The third-order valence-corrected chi connectivity index (χ3v) is 8.16. The van der Waals surface area contributed by atoms with E-state index >= 15 is 0 Å². The van der Waals surface area contributed by atoms with E-state index in [2.05, 4.69) is 78.9 Å². The molecule has 0 fully saturated rings. The highest BCUT2D eigenvalue weighted by Crippen LogP contribution is 2.43. The van der Waals surface area contributed by atoms with Gasteiger partial charge < -0.3 is 0 Å². The zero-order valence-electron chi connectivity index (χ0n) is 22.0. The molecule has 0 spiro atoms. The smallest absolute Gasteiger partial charge is 0.266 e. The van der Waals surface area contributed by atoms with Crippen molar-refractivity contribution in [3.63, 3.8) is 0 Å². The lowest BCUT2D eigenvalue weighted by Gasteiger charge is -2.19. The molecule has 3 heteroatoms. The number of hydrogen-bond acceptors (Lipinski definition) is 2. The highest BCUT2D eigenvalue weighted by atomic mass is 16.2. The third kappa shape index (κ3) is 3.46. The first-order valence-corrected chi connectivity index (χ1v) is 13.7. The van der Waals surface area contributed by atoms with Crippen LogP contribution in [-0.2, 0) is 0 Å². The Morgan fingerprint density at radius 2 is 0.780 bits per heavy atom. The SMILES string of the molecule is O=c1c2ccccc2c2cc(-c3c(-c4ccccc4)cccc3-c3ccccc3)cc3c4ccccc4c(=O)n1c23. The summed E-state index contributed by atoms with van der Waals surface area (Å²) in [6.07, 6.45) is 0. The van der Waals surface area contributed by atoms with Crippen LogP contribution in [-0.4, -0.2) is 4.40 Å². The average molecular weight is 526 g/mol. The van der Waals surface area contributed by atoms with Gasteiger partial charge in [0.15, 0.2) is 0 Å². The lowest BCUT2D eigenvalue weighted by atomic mass is 9.86. The summed E-state index contributed by atoms with van der Waals surface area (Å²) in [5, 5.41) is 4.54. The molecule has 0 saturated carbocycles. The zero-order chi connectivity index (χ0) is 27.5. The maximum atomic E-state index is 13.8. The first kappa shape index (κ1) is 23.4. The fourth-order valence-corrected chi connectivity index (χ4v) is 6.36. The Hall–Kier alpha value is -5.54. The number of pyridine rings is 2. The molecule has 2 aromatic heterocycles. The van der Waals surface area contributed by atoms with Crippen LogP contribution < -0.4 is 11.1 Å². The van der Waals surface area contributed by atoms with Gasteiger partial charge in [0.2, 0.25) is 0 Å². The lowest BCUT2D eigenvalue weighted by Crippen LogP contribution is -2.27. The summed E-state index contributed by atoms with van der Waals surface area (Å²) in [4.78, 5) is 27.5. The molecular formula is C38H23NO2. The molecular weight excluding hydrogens is 502 g/mol. The van der Waals surface area contributed by atoms with E-state index in [0.717, 1.165) is 54.9 Å². The third-order valence-electron chi connectivity index (χ3n) is 8.16. The molecule has 8 rings (SSSR count). The van der Waals surface area contributed by atoms with Crippen molar-refractivity contribution in [1.29, 1.82) is 0 Å². The Labute approximate surface area is 235 Å². The van der Waals surface area contributed by atoms with Gasteiger partial charge in [-0.15, -0.1) is 0 Å². The first-order chi connectivity index (χ1) is 20.2. The van der Waals surface area contributed by atoms with E-state index in [0.29, 0.717) is 16.3 Å². The number of fused-ring (bicyclic) bond motifs is 4. The van der Waals surface area contributed by atoms with E-state index in [1.807, 2.05) is 60.7 Å². The number of aromatic nitrogens is 1. The van der Waals surface area contributed by atoms with E-state index in [9.17, 15) is 9.59 Å². The van der Waals surface area contributed by atoms with E-state index < -0.39 is 0 Å². The molecule has 0 aliphatic carbocycles. The standard InChI is InChI=1S/C38H23NO2/c40-37-31-18-9-7-16-29(31)33-22-26(23-34-30-17-8-10-19-32(30)38(41)39(37)36(33)34)35-27(24-12-3-1-4-13-24)20-11-21-28(35)25-14-5-2-6-15-25/h1-23H. The van der Waals surface area contributed by atoms with Crippen LogP contribution in [0.3, 0.4) is 0 Å². The summed E-state index contributed by atoms with van der Waals surface area (Å²) in [5.41, 5.74) is 6.74. The molecule has 0 aliphatic rings. The predicted octanol–water partition coefficient (Wildman–Crippen LogP) is 8.56. The van der Waals surface area contributed by atoms with Crippen molar-refractivity contribution in [1.82, 2.24) is 4.40 Å². The van der Waals surface area contributed by atoms with Crippen molar-refractivity contribution >= 4 is 37.8 Å². The quantitative estimate of drug-likeness (QED) is 0.171. The number of nitrogens with zero attached hydrogens (tertiary/aromatic N) is 1. The average Bonchev–Trinajstić information content (AvgIpc) is 3.05. The van der Waals surface area contributed by atoms with Gasteiger partial charge in [-0.05, 0) is 68.4 Å². The minimum absolute atomic E-state index is 0.281. The van der Waals surface area contributed by atoms with Crippen molar-refractivity contribution in [3.8, 4) is 33.4 Å². The van der Waals surface area contributed by atoms with Crippen LogP contribution in [0.15, 0.2) is 149 Å². The van der Waals surface area contributed by atoms with Crippen LogP contribution in [0.25, 0.3) is 71.2 Å². The minimum atomic E-state index is -0.281. The molecule has 0 N–H and O–H groups in total. The molecule has 3 nitrogen and oxygen atoms in total. The van der Waals surface area contributed by atoms with Crippen molar-refractivity contribution in [2.75, 3.05) is 0 Å². The number of rotatable bonds is 3. The van der Waals surface area contributed by atoms with Crippen LogP contribution in [0.1, 0.15) is 0 Å². The van der Waals surface area contributed by atoms with Crippen LogP contribution in [0, 0.1) is 0 Å². The molecule has 6 aromatic carbocycles. The topological polar surface area (TPSA) is 38.5 Å². The van der Waals surface area contributed by atoms with Gasteiger partial charge >= 0.3 is 0 Å². The Kier molecular flexibility index (Phi) is 5.13. The highest BCUT2D eigenvalue weighted by Gasteiger charge is 2.21. The maximum Gasteiger partial charge on any atom is 0.266 e. The maximum absolute atomic E-state index is 13.8. The monoisotopic (exact) mass is 525 g/mol. The van der Waals surface area contributed by atoms with E-state index in [1.54, 1.807) is 0 Å². The molecule has 0 amide bonds. The Morgan fingerprint density at radius 1 is 0.366 bits per heavy atom. The number of hydrogen-bond donors (Lipinski definition) is 0. The van der Waals surface area contributed by atoms with Crippen molar-refractivity contribution in [2.45, 2.75) is 0 Å². The molecule has 192 valence electrons. The fraction of sp³-hybridized carbons (Fsp3) is 0. The van der Waals surface area contributed by atoms with Gasteiger partial charge in [0.05, 0.1) is 5.52 Å². The molecule has 0 atom stereocenters. The predicted molar refractivity (Wildman–Crippen MR) is 170 cm³/mol. The lowest BCUT2D eigenvalue weighted by molar-refractivity contribution is 1.09. The molecule has 0 unspecified atom stereocenters. The van der Waals surface area contributed by atoms with Crippen LogP contribution >= 0.6 is 0 Å². The summed E-state index contributed by atoms with van der Waals surface area (Å²) in [6.45, 7) is 0. The van der Waals surface area contributed by atoms with E-state index in [-0.39, 0.29) is 11.1 Å². The first-order valence-electron chi connectivity index (χ1n) is 13.7. The highest BCUT2D eigenvalue weighted by molar-refractivity contribution is 6.20. The van der Waals surface area contributed by atoms with Crippen LogP contribution in [0.4, 0.5) is 0 Å². The molecule has 2 heterocycles. The molecule has 0 bridgehead atoms. The van der Waals surface area contributed by atoms with Gasteiger partial charge in [0.25, 0.3) is 11.1 Å². The van der Waals surface area contributed by atoms with Gasteiger partial charge in [0.1, 0.15) is 0 Å². The van der Waals surface area contributed by atoms with Crippen molar-refractivity contribution in [3.05, 3.63) is 160 Å².